The Labute approximate surface area is 165 Å². The van der Waals surface area contributed by atoms with E-state index in [2.05, 4.69) is 110 Å². The molecule has 0 atom stereocenters. The third-order valence-corrected chi connectivity index (χ3v) is 5.94. The van der Waals surface area contributed by atoms with E-state index in [1.54, 1.807) is 0 Å². The molecule has 5 aromatic rings. The highest BCUT2D eigenvalue weighted by Crippen LogP contribution is 2.43. The second-order valence-electron chi connectivity index (χ2n) is 8.02. The lowest BCUT2D eigenvalue weighted by Crippen LogP contribution is -2.09. The van der Waals surface area contributed by atoms with Gasteiger partial charge < -0.3 is 14.4 Å². The lowest BCUT2D eigenvalue weighted by Gasteiger charge is -2.17. The number of benzene rings is 4. The molecule has 0 bridgehead atoms. The molecule has 0 saturated carbocycles. The summed E-state index contributed by atoms with van der Waals surface area (Å²) in [6.07, 6.45) is 0. The Kier molecular flexibility index (Phi) is 3.57. The fourth-order valence-electron chi connectivity index (χ4n) is 4.61. The molecule has 0 radical (unpaired) electrons. The SMILES string of the molecule is CN(C)c1cc2c(c3ccccc13)c1c3ccccc3c(N(C)C)cc1n2C. The first-order valence-electron chi connectivity index (χ1n) is 9.69. The van der Waals surface area contributed by atoms with Crippen molar-refractivity contribution in [2.75, 3.05) is 38.0 Å². The standard InChI is InChI=1S/C25H25N3/c1-26(2)20-14-22-24(18-12-8-6-10-16(18)20)25-19-13-9-7-11-17(19)21(27(3)4)15-23(25)28(22)5/h6-15H,1-5H3. The number of rotatable bonds is 2. The smallest absolute Gasteiger partial charge is 0.0516 e. The fourth-order valence-corrected chi connectivity index (χ4v) is 4.61. The molecule has 4 aromatic carbocycles. The Morgan fingerprint density at radius 2 is 0.929 bits per heavy atom. The normalized spacial score (nSPS) is 11.8. The molecule has 1 heterocycles. The minimum absolute atomic E-state index is 1.26. The van der Waals surface area contributed by atoms with Gasteiger partial charge in [0.25, 0.3) is 0 Å². The number of anilines is 2. The van der Waals surface area contributed by atoms with Gasteiger partial charge in [0.2, 0.25) is 0 Å². The topological polar surface area (TPSA) is 11.4 Å². The van der Waals surface area contributed by atoms with E-state index in [1.807, 2.05) is 0 Å². The Hall–Kier alpha value is -3.20. The van der Waals surface area contributed by atoms with Crippen molar-refractivity contribution in [2.24, 2.45) is 7.05 Å². The first kappa shape index (κ1) is 16.9. The van der Waals surface area contributed by atoms with Crippen molar-refractivity contribution < 1.29 is 0 Å². The molecule has 3 nitrogen and oxygen atoms in total. The van der Waals surface area contributed by atoms with Crippen molar-refractivity contribution in [1.29, 1.82) is 0 Å². The largest absolute Gasteiger partial charge is 0.377 e. The zero-order valence-electron chi connectivity index (χ0n) is 17.1. The van der Waals surface area contributed by atoms with E-state index in [0.29, 0.717) is 0 Å². The maximum Gasteiger partial charge on any atom is 0.0516 e. The van der Waals surface area contributed by atoms with Crippen molar-refractivity contribution >= 4 is 54.7 Å². The number of aryl methyl sites for hydroxylation is 1. The molecule has 140 valence electrons. The van der Waals surface area contributed by atoms with Gasteiger partial charge >= 0.3 is 0 Å². The highest BCUT2D eigenvalue weighted by atomic mass is 15.1. The van der Waals surface area contributed by atoms with Gasteiger partial charge in [0.15, 0.2) is 0 Å². The van der Waals surface area contributed by atoms with Gasteiger partial charge in [0.1, 0.15) is 0 Å². The van der Waals surface area contributed by atoms with Crippen molar-refractivity contribution in [2.45, 2.75) is 0 Å². The number of aromatic nitrogens is 1. The first-order chi connectivity index (χ1) is 13.5. The first-order valence-corrected chi connectivity index (χ1v) is 9.69. The van der Waals surface area contributed by atoms with Gasteiger partial charge in [-0.3, -0.25) is 0 Å². The highest BCUT2D eigenvalue weighted by molar-refractivity contribution is 6.30. The fraction of sp³-hybridized carbons (Fsp3) is 0.200. The predicted molar refractivity (Wildman–Crippen MR) is 124 cm³/mol. The third-order valence-electron chi connectivity index (χ3n) is 5.94. The van der Waals surface area contributed by atoms with Gasteiger partial charge in [-0.15, -0.1) is 0 Å². The third kappa shape index (κ3) is 2.16. The lowest BCUT2D eigenvalue weighted by atomic mass is 9.97. The molecule has 0 aliphatic carbocycles. The van der Waals surface area contributed by atoms with Crippen LogP contribution in [0.3, 0.4) is 0 Å². The van der Waals surface area contributed by atoms with Crippen molar-refractivity contribution in [1.82, 2.24) is 4.57 Å². The van der Waals surface area contributed by atoms with E-state index < -0.39 is 0 Å². The van der Waals surface area contributed by atoms with Crippen LogP contribution in [0.15, 0.2) is 60.7 Å². The Balaban J connectivity index is 2.13. The second-order valence-corrected chi connectivity index (χ2v) is 8.02. The van der Waals surface area contributed by atoms with E-state index in [0.717, 1.165) is 0 Å². The summed E-state index contributed by atoms with van der Waals surface area (Å²) in [6, 6.07) is 22.2. The Morgan fingerprint density at radius 3 is 1.29 bits per heavy atom. The van der Waals surface area contributed by atoms with E-state index in [-0.39, 0.29) is 0 Å². The van der Waals surface area contributed by atoms with Crippen LogP contribution in [0.1, 0.15) is 0 Å². The minimum Gasteiger partial charge on any atom is -0.377 e. The number of hydrogen-bond donors (Lipinski definition) is 0. The molecule has 0 aliphatic rings. The maximum atomic E-state index is 2.35. The van der Waals surface area contributed by atoms with Gasteiger partial charge in [-0.2, -0.15) is 0 Å². The highest BCUT2D eigenvalue weighted by Gasteiger charge is 2.19. The molecular weight excluding hydrogens is 342 g/mol. The van der Waals surface area contributed by atoms with Crippen molar-refractivity contribution in [3.05, 3.63) is 60.7 Å². The molecule has 0 aliphatic heterocycles. The minimum atomic E-state index is 1.26. The van der Waals surface area contributed by atoms with Gasteiger partial charge in [0.05, 0.1) is 11.0 Å². The summed E-state index contributed by atoms with van der Waals surface area (Å²) in [4.78, 5) is 4.42. The average Bonchev–Trinajstić information content (AvgIpc) is 2.99. The van der Waals surface area contributed by atoms with Crippen LogP contribution in [0.4, 0.5) is 11.4 Å². The van der Waals surface area contributed by atoms with E-state index in [4.69, 9.17) is 0 Å². The summed E-state index contributed by atoms with van der Waals surface area (Å²) >= 11 is 0. The quantitative estimate of drug-likeness (QED) is 0.392. The van der Waals surface area contributed by atoms with E-state index in [9.17, 15) is 0 Å². The molecule has 3 heteroatoms. The molecule has 0 saturated heterocycles. The van der Waals surface area contributed by atoms with Crippen LogP contribution in [0.2, 0.25) is 0 Å². The molecule has 0 unspecified atom stereocenters. The van der Waals surface area contributed by atoms with Crippen molar-refractivity contribution in [3.63, 3.8) is 0 Å². The van der Waals surface area contributed by atoms with Gasteiger partial charge in [-0.25, -0.2) is 0 Å². The molecule has 1 aromatic heterocycles. The maximum absolute atomic E-state index is 2.35. The Bertz CT molecular complexity index is 1270. The zero-order chi connectivity index (χ0) is 19.6. The van der Waals surface area contributed by atoms with Crippen molar-refractivity contribution in [3.8, 4) is 0 Å². The van der Waals surface area contributed by atoms with Crippen LogP contribution >= 0.6 is 0 Å². The van der Waals surface area contributed by atoms with Crippen LogP contribution in [0, 0.1) is 0 Å². The number of fused-ring (bicyclic) bond motifs is 7. The molecule has 0 spiro atoms. The van der Waals surface area contributed by atoms with E-state index in [1.165, 1.54) is 54.7 Å². The average molecular weight is 367 g/mol. The molecular formula is C25H25N3. The molecule has 0 amide bonds. The molecule has 28 heavy (non-hydrogen) atoms. The van der Waals surface area contributed by atoms with Crippen LogP contribution in [-0.2, 0) is 7.05 Å². The molecule has 0 N–H and O–H groups in total. The Morgan fingerprint density at radius 1 is 0.571 bits per heavy atom. The van der Waals surface area contributed by atoms with E-state index >= 15 is 0 Å². The summed E-state index contributed by atoms with van der Waals surface area (Å²) in [5, 5.41) is 7.93. The molecule has 0 fully saturated rings. The number of hydrogen-bond acceptors (Lipinski definition) is 2. The summed E-state index contributed by atoms with van der Waals surface area (Å²) in [6.45, 7) is 0. The van der Waals surface area contributed by atoms with Crippen LogP contribution in [0.5, 0.6) is 0 Å². The second kappa shape index (κ2) is 5.90. The van der Waals surface area contributed by atoms with Gasteiger partial charge in [-0.05, 0) is 22.9 Å². The number of nitrogens with zero attached hydrogens (tertiary/aromatic N) is 3. The summed E-state index contributed by atoms with van der Waals surface area (Å²) in [5.41, 5.74) is 5.06. The van der Waals surface area contributed by atoms with Gasteiger partial charge in [0, 0.05) is 68.2 Å². The summed E-state index contributed by atoms with van der Waals surface area (Å²) in [5.74, 6) is 0. The lowest BCUT2D eigenvalue weighted by molar-refractivity contribution is 1.01. The predicted octanol–water partition coefficient (Wildman–Crippen LogP) is 5.77. The van der Waals surface area contributed by atoms with Crippen LogP contribution in [0.25, 0.3) is 43.4 Å². The summed E-state index contributed by atoms with van der Waals surface area (Å²) < 4.78 is 2.35. The monoisotopic (exact) mass is 367 g/mol. The molecule has 5 rings (SSSR count). The van der Waals surface area contributed by atoms with Gasteiger partial charge in [-0.1, -0.05) is 48.5 Å². The summed E-state index contributed by atoms with van der Waals surface area (Å²) in [7, 11) is 10.7. The van der Waals surface area contributed by atoms with Crippen LogP contribution < -0.4 is 9.80 Å². The zero-order valence-corrected chi connectivity index (χ0v) is 17.1. The van der Waals surface area contributed by atoms with Crippen LogP contribution in [-0.4, -0.2) is 32.8 Å².